The summed E-state index contributed by atoms with van der Waals surface area (Å²) in [6.07, 6.45) is 0.184. The van der Waals surface area contributed by atoms with Gasteiger partial charge in [-0.05, 0) is 29.8 Å². The number of alkyl halides is 3. The lowest BCUT2D eigenvalue weighted by Gasteiger charge is -2.19. The average Bonchev–Trinajstić information content (AvgIpc) is 2.92. The van der Waals surface area contributed by atoms with E-state index in [4.69, 9.17) is 4.74 Å². The van der Waals surface area contributed by atoms with Crippen LogP contribution in [0.15, 0.2) is 55.0 Å². The van der Waals surface area contributed by atoms with Crippen molar-refractivity contribution < 1.29 is 27.4 Å². The van der Waals surface area contributed by atoms with E-state index in [1.54, 1.807) is 47.6 Å². The molecule has 0 atom stereocenters. The number of aromatic nitrogens is 3. The highest BCUT2D eigenvalue weighted by molar-refractivity contribution is 5.98. The Bertz CT molecular complexity index is 1060. The van der Waals surface area contributed by atoms with Crippen molar-refractivity contribution in [2.24, 2.45) is 0 Å². The maximum Gasteiger partial charge on any atom is 0.422 e. The SMILES string of the molecule is O=C1c2cc(-c3ccc(OCC(F)(F)F)nc3)ccc2OCCN1Cc1ncccn1. The number of halogens is 3. The minimum Gasteiger partial charge on any atom is -0.491 e. The fourth-order valence-electron chi connectivity index (χ4n) is 3.07. The number of ether oxygens (including phenoxy) is 2. The fraction of sp³-hybridized carbons (Fsp3) is 0.238. The van der Waals surface area contributed by atoms with Crippen LogP contribution in [0.5, 0.6) is 11.6 Å². The molecule has 4 rings (SSSR count). The minimum atomic E-state index is -4.44. The second kappa shape index (κ2) is 8.58. The Morgan fingerprint density at radius 1 is 1.06 bits per heavy atom. The van der Waals surface area contributed by atoms with Crippen molar-refractivity contribution >= 4 is 5.91 Å². The normalized spacial score (nSPS) is 13.9. The molecule has 0 saturated heterocycles. The van der Waals surface area contributed by atoms with Gasteiger partial charge in [-0.2, -0.15) is 13.2 Å². The van der Waals surface area contributed by atoms with Gasteiger partial charge in [0.05, 0.1) is 18.7 Å². The van der Waals surface area contributed by atoms with Crippen molar-refractivity contribution in [2.75, 3.05) is 19.8 Å². The third-order valence-corrected chi connectivity index (χ3v) is 4.52. The lowest BCUT2D eigenvalue weighted by Crippen LogP contribution is -2.32. The average molecular weight is 430 g/mol. The molecule has 1 aromatic carbocycles. The number of fused-ring (bicyclic) bond motifs is 1. The van der Waals surface area contributed by atoms with Gasteiger partial charge in [0, 0.05) is 30.2 Å². The highest BCUT2D eigenvalue weighted by Gasteiger charge is 2.28. The molecule has 2 aromatic heterocycles. The summed E-state index contributed by atoms with van der Waals surface area (Å²) in [4.78, 5) is 26.9. The standard InChI is InChI=1S/C21H17F3N4O3/c22-21(23,24)13-31-19-5-3-15(11-27-19)14-2-4-17-16(10-14)20(29)28(8-9-30-17)12-18-25-6-1-7-26-18/h1-7,10-11H,8-9,12-13H2. The smallest absolute Gasteiger partial charge is 0.422 e. The van der Waals surface area contributed by atoms with Crippen molar-refractivity contribution in [3.8, 4) is 22.8 Å². The van der Waals surface area contributed by atoms with Gasteiger partial charge in [0.25, 0.3) is 5.91 Å². The van der Waals surface area contributed by atoms with E-state index in [1.165, 1.54) is 12.3 Å². The lowest BCUT2D eigenvalue weighted by molar-refractivity contribution is -0.154. The van der Waals surface area contributed by atoms with Crippen LogP contribution < -0.4 is 9.47 Å². The second-order valence-corrected chi connectivity index (χ2v) is 6.74. The molecule has 0 bridgehead atoms. The van der Waals surface area contributed by atoms with Crippen molar-refractivity contribution in [3.63, 3.8) is 0 Å². The number of rotatable bonds is 5. The summed E-state index contributed by atoms with van der Waals surface area (Å²) >= 11 is 0. The summed E-state index contributed by atoms with van der Waals surface area (Å²) < 4.78 is 47.2. The molecule has 10 heteroatoms. The van der Waals surface area contributed by atoms with Gasteiger partial charge in [0.15, 0.2) is 6.61 Å². The first-order chi connectivity index (χ1) is 14.9. The van der Waals surface area contributed by atoms with Crippen molar-refractivity contribution in [1.82, 2.24) is 19.9 Å². The molecular formula is C21H17F3N4O3. The number of amides is 1. The highest BCUT2D eigenvalue weighted by Crippen LogP contribution is 2.30. The molecule has 0 saturated carbocycles. The van der Waals surface area contributed by atoms with E-state index in [1.807, 2.05) is 0 Å². The number of hydrogen-bond acceptors (Lipinski definition) is 6. The van der Waals surface area contributed by atoms with Crippen LogP contribution in [0, 0.1) is 0 Å². The van der Waals surface area contributed by atoms with Gasteiger partial charge in [-0.1, -0.05) is 6.07 Å². The third kappa shape index (κ3) is 5.08. The van der Waals surface area contributed by atoms with Crippen LogP contribution in [-0.4, -0.2) is 51.7 Å². The summed E-state index contributed by atoms with van der Waals surface area (Å²) in [6.45, 7) is -0.448. The molecule has 0 radical (unpaired) electrons. The molecule has 1 aliphatic rings. The molecule has 1 aliphatic heterocycles. The molecule has 0 aliphatic carbocycles. The van der Waals surface area contributed by atoms with E-state index in [2.05, 4.69) is 19.7 Å². The monoisotopic (exact) mass is 430 g/mol. The van der Waals surface area contributed by atoms with Gasteiger partial charge in [0.1, 0.15) is 18.2 Å². The first-order valence-corrected chi connectivity index (χ1v) is 9.37. The zero-order valence-corrected chi connectivity index (χ0v) is 16.2. The van der Waals surface area contributed by atoms with Crippen LogP contribution in [0.25, 0.3) is 11.1 Å². The van der Waals surface area contributed by atoms with E-state index in [9.17, 15) is 18.0 Å². The summed E-state index contributed by atoms with van der Waals surface area (Å²) in [5.41, 5.74) is 1.67. The number of nitrogens with zero attached hydrogens (tertiary/aromatic N) is 4. The molecule has 0 N–H and O–H groups in total. The fourth-order valence-corrected chi connectivity index (χ4v) is 3.07. The van der Waals surface area contributed by atoms with E-state index >= 15 is 0 Å². The number of hydrogen-bond donors (Lipinski definition) is 0. The Morgan fingerprint density at radius 3 is 2.55 bits per heavy atom. The Balaban J connectivity index is 1.55. The van der Waals surface area contributed by atoms with E-state index in [0.29, 0.717) is 41.4 Å². The molecule has 0 fully saturated rings. The minimum absolute atomic E-state index is 0.135. The van der Waals surface area contributed by atoms with E-state index < -0.39 is 12.8 Å². The predicted octanol–water partition coefficient (Wildman–Crippen LogP) is 3.51. The van der Waals surface area contributed by atoms with Gasteiger partial charge in [0.2, 0.25) is 5.88 Å². The molecule has 0 unspecified atom stereocenters. The third-order valence-electron chi connectivity index (χ3n) is 4.52. The second-order valence-electron chi connectivity index (χ2n) is 6.74. The maximum atomic E-state index is 13.1. The van der Waals surface area contributed by atoms with Crippen molar-refractivity contribution in [1.29, 1.82) is 0 Å². The van der Waals surface area contributed by atoms with E-state index in [0.717, 1.165) is 0 Å². The quantitative estimate of drug-likeness (QED) is 0.617. The van der Waals surface area contributed by atoms with Gasteiger partial charge in [-0.25, -0.2) is 15.0 Å². The summed E-state index contributed by atoms with van der Waals surface area (Å²) in [5, 5.41) is 0. The summed E-state index contributed by atoms with van der Waals surface area (Å²) in [5.74, 6) is 0.626. The van der Waals surface area contributed by atoms with E-state index in [-0.39, 0.29) is 18.3 Å². The molecule has 3 heterocycles. The largest absolute Gasteiger partial charge is 0.491 e. The molecule has 1 amide bonds. The maximum absolute atomic E-state index is 13.1. The number of pyridine rings is 1. The number of carbonyl (C=O) groups is 1. The van der Waals surface area contributed by atoms with Crippen LogP contribution in [0.1, 0.15) is 16.2 Å². The molecule has 31 heavy (non-hydrogen) atoms. The summed E-state index contributed by atoms with van der Waals surface area (Å²) in [6, 6.07) is 9.76. The number of carbonyl (C=O) groups excluding carboxylic acids is 1. The van der Waals surface area contributed by atoms with Crippen molar-refractivity contribution in [2.45, 2.75) is 12.7 Å². The molecule has 7 nitrogen and oxygen atoms in total. The summed E-state index contributed by atoms with van der Waals surface area (Å²) in [7, 11) is 0. The Kier molecular flexibility index (Phi) is 5.70. The lowest BCUT2D eigenvalue weighted by atomic mass is 10.0. The Labute approximate surface area is 175 Å². The van der Waals surface area contributed by atoms with Crippen LogP contribution in [0.2, 0.25) is 0 Å². The van der Waals surface area contributed by atoms with Crippen LogP contribution in [-0.2, 0) is 6.54 Å². The predicted molar refractivity (Wildman–Crippen MR) is 103 cm³/mol. The molecular weight excluding hydrogens is 413 g/mol. The van der Waals surface area contributed by atoms with Crippen LogP contribution in [0.3, 0.4) is 0 Å². The van der Waals surface area contributed by atoms with Gasteiger partial charge in [-0.3, -0.25) is 4.79 Å². The first kappa shape index (κ1) is 20.6. The van der Waals surface area contributed by atoms with Crippen LogP contribution in [0.4, 0.5) is 13.2 Å². The van der Waals surface area contributed by atoms with Gasteiger partial charge < -0.3 is 14.4 Å². The molecule has 3 aromatic rings. The zero-order chi connectivity index (χ0) is 21.8. The Hall–Kier alpha value is -3.69. The van der Waals surface area contributed by atoms with Crippen molar-refractivity contribution in [3.05, 3.63) is 66.4 Å². The Morgan fingerprint density at radius 2 is 1.84 bits per heavy atom. The zero-order valence-electron chi connectivity index (χ0n) is 16.2. The molecule has 160 valence electrons. The van der Waals surface area contributed by atoms with Gasteiger partial charge >= 0.3 is 6.18 Å². The van der Waals surface area contributed by atoms with Crippen LogP contribution >= 0.6 is 0 Å². The first-order valence-electron chi connectivity index (χ1n) is 9.37. The topological polar surface area (TPSA) is 77.4 Å². The molecule has 0 spiro atoms. The highest BCUT2D eigenvalue weighted by atomic mass is 19.4. The van der Waals surface area contributed by atoms with Gasteiger partial charge in [-0.15, -0.1) is 0 Å². The number of benzene rings is 1.